The normalized spacial score (nSPS) is 16.7. The molecule has 33 heavy (non-hydrogen) atoms. The first-order valence-corrected chi connectivity index (χ1v) is 11.5. The Morgan fingerprint density at radius 3 is 2.52 bits per heavy atom. The third-order valence-corrected chi connectivity index (χ3v) is 6.44. The van der Waals surface area contributed by atoms with Crippen LogP contribution in [0.2, 0.25) is 0 Å². The van der Waals surface area contributed by atoms with Crippen LogP contribution in [0.5, 0.6) is 5.75 Å². The molecule has 2 aliphatic rings. The molecule has 1 aliphatic carbocycles. The number of Topliss-reactive ketones (excluding diaryl/α,β-unsaturated/α-hetero) is 1. The van der Waals surface area contributed by atoms with Crippen molar-refractivity contribution in [1.29, 1.82) is 0 Å². The monoisotopic (exact) mass is 559 g/mol. The molecule has 1 heterocycles. The van der Waals surface area contributed by atoms with Crippen molar-refractivity contribution in [3.63, 3.8) is 0 Å². The summed E-state index contributed by atoms with van der Waals surface area (Å²) in [4.78, 5) is 37.8. The molecule has 8 heteroatoms. The minimum atomic E-state index is -0.610. The summed E-state index contributed by atoms with van der Waals surface area (Å²) in [5, 5.41) is 3.26. The zero-order chi connectivity index (χ0) is 23.7. The van der Waals surface area contributed by atoms with E-state index in [4.69, 9.17) is 14.2 Å². The molecule has 2 aromatic carbocycles. The Bertz CT molecular complexity index is 1230. The van der Waals surface area contributed by atoms with Crippen molar-refractivity contribution in [2.24, 2.45) is 0 Å². The van der Waals surface area contributed by atoms with Crippen molar-refractivity contribution in [3.8, 4) is 5.75 Å². The number of allylic oxidation sites excluding steroid dienone is 2. The third-order valence-electron chi connectivity index (χ3n) is 5.59. The molecule has 1 N–H and O–H groups in total. The van der Waals surface area contributed by atoms with Crippen LogP contribution in [0.25, 0.3) is 5.70 Å². The Hall–Kier alpha value is -3.14. The molecule has 1 atom stereocenters. The van der Waals surface area contributed by atoms with Gasteiger partial charge in [-0.25, -0.2) is 9.59 Å². The van der Waals surface area contributed by atoms with Crippen LogP contribution < -0.4 is 10.1 Å². The van der Waals surface area contributed by atoms with E-state index >= 15 is 0 Å². The molecule has 0 radical (unpaired) electrons. The fourth-order valence-corrected chi connectivity index (χ4v) is 4.89. The molecular formula is C25H22INO6. The molecule has 0 spiro atoms. The van der Waals surface area contributed by atoms with Gasteiger partial charge in [-0.1, -0.05) is 30.3 Å². The molecule has 4 rings (SSSR count). The molecule has 0 saturated heterocycles. The zero-order valence-electron chi connectivity index (χ0n) is 18.4. The molecule has 0 aromatic heterocycles. The molecular weight excluding hydrogens is 537 g/mol. The quantitative estimate of drug-likeness (QED) is 0.423. The van der Waals surface area contributed by atoms with E-state index in [2.05, 4.69) is 27.9 Å². The average Bonchev–Trinajstić information content (AvgIpc) is 3.09. The second-order valence-electron chi connectivity index (χ2n) is 7.54. The van der Waals surface area contributed by atoms with Gasteiger partial charge in [-0.2, -0.15) is 0 Å². The van der Waals surface area contributed by atoms with Crippen LogP contribution in [0.15, 0.2) is 59.3 Å². The first-order chi connectivity index (χ1) is 15.9. The summed E-state index contributed by atoms with van der Waals surface area (Å²) in [6.45, 7) is 3.61. The number of hydrogen-bond donors (Lipinski definition) is 1. The Labute approximate surface area is 204 Å². The molecule has 2 aromatic rings. The fraction of sp³-hybridized carbons (Fsp3) is 0.240. The predicted octanol–water partition coefficient (Wildman–Crippen LogP) is 3.97. The van der Waals surface area contributed by atoms with Gasteiger partial charge in [-0.15, -0.1) is 0 Å². The van der Waals surface area contributed by atoms with Gasteiger partial charge >= 0.3 is 11.9 Å². The van der Waals surface area contributed by atoms with Crippen molar-refractivity contribution in [1.82, 2.24) is 5.32 Å². The number of esters is 2. The summed E-state index contributed by atoms with van der Waals surface area (Å²) in [6.07, 6.45) is 0. The number of rotatable bonds is 6. The molecule has 0 fully saturated rings. The van der Waals surface area contributed by atoms with E-state index in [-0.39, 0.29) is 19.0 Å². The summed E-state index contributed by atoms with van der Waals surface area (Å²) in [6, 6.07) is 12.8. The number of benzene rings is 2. The third kappa shape index (κ3) is 4.15. The van der Waals surface area contributed by atoms with Crippen LogP contribution in [0.4, 0.5) is 0 Å². The van der Waals surface area contributed by atoms with Crippen LogP contribution in [-0.2, 0) is 19.1 Å². The van der Waals surface area contributed by atoms with Gasteiger partial charge in [0, 0.05) is 28.3 Å². The molecule has 0 saturated carbocycles. The second kappa shape index (κ2) is 9.38. The Balaban J connectivity index is 1.77. The van der Waals surface area contributed by atoms with Gasteiger partial charge in [-0.3, -0.25) is 4.79 Å². The maximum absolute atomic E-state index is 13.4. The minimum absolute atomic E-state index is 0.121. The molecule has 0 bridgehead atoms. The highest BCUT2D eigenvalue weighted by atomic mass is 127. The second-order valence-corrected chi connectivity index (χ2v) is 8.70. The number of hydrogen-bond acceptors (Lipinski definition) is 7. The molecule has 0 unspecified atom stereocenters. The Morgan fingerprint density at radius 1 is 1.12 bits per heavy atom. The SMILES string of the molecule is CCOC(=O)COc1ccc([C@H]2C(C(=O)OC)=C(C)NC3=C2C(=O)c2ccccc23)cc1I. The number of ketones is 1. The smallest absolute Gasteiger partial charge is 0.344 e. The van der Waals surface area contributed by atoms with Crippen LogP contribution >= 0.6 is 22.6 Å². The highest BCUT2D eigenvalue weighted by Crippen LogP contribution is 2.47. The van der Waals surface area contributed by atoms with Crippen LogP contribution in [-0.4, -0.2) is 38.0 Å². The zero-order valence-corrected chi connectivity index (χ0v) is 20.5. The molecule has 170 valence electrons. The molecule has 7 nitrogen and oxygen atoms in total. The maximum atomic E-state index is 13.4. The van der Waals surface area contributed by atoms with Crippen molar-refractivity contribution >= 4 is 46.0 Å². The lowest BCUT2D eigenvalue weighted by atomic mass is 9.80. The lowest BCUT2D eigenvalue weighted by Crippen LogP contribution is -2.29. The lowest BCUT2D eigenvalue weighted by molar-refractivity contribution is -0.145. The van der Waals surface area contributed by atoms with Crippen LogP contribution in [0, 0.1) is 3.57 Å². The van der Waals surface area contributed by atoms with Gasteiger partial charge in [0.25, 0.3) is 0 Å². The maximum Gasteiger partial charge on any atom is 0.344 e. The van der Waals surface area contributed by atoms with Gasteiger partial charge in [-0.05, 0) is 54.1 Å². The number of dihydropyridines is 1. The van der Waals surface area contributed by atoms with Gasteiger partial charge < -0.3 is 19.5 Å². The van der Waals surface area contributed by atoms with E-state index in [1.165, 1.54) is 7.11 Å². The van der Waals surface area contributed by atoms with Crippen LogP contribution in [0.1, 0.15) is 41.3 Å². The van der Waals surface area contributed by atoms with E-state index in [1.807, 2.05) is 24.3 Å². The highest BCUT2D eigenvalue weighted by molar-refractivity contribution is 14.1. The summed E-state index contributed by atoms with van der Waals surface area (Å²) < 4.78 is 16.3. The fourth-order valence-electron chi connectivity index (χ4n) is 4.20. The first kappa shape index (κ1) is 23.0. The summed E-state index contributed by atoms with van der Waals surface area (Å²) in [5.74, 6) is -1.17. The first-order valence-electron chi connectivity index (χ1n) is 10.4. The number of fused-ring (bicyclic) bond motifs is 2. The molecule has 1 aliphatic heterocycles. The topological polar surface area (TPSA) is 90.9 Å². The number of ether oxygens (including phenoxy) is 3. The van der Waals surface area contributed by atoms with Crippen molar-refractivity contribution in [2.45, 2.75) is 19.8 Å². The van der Waals surface area contributed by atoms with Gasteiger partial charge in [0.2, 0.25) is 0 Å². The van der Waals surface area contributed by atoms with Crippen molar-refractivity contribution < 1.29 is 28.6 Å². The number of nitrogens with one attached hydrogen (secondary N) is 1. The Morgan fingerprint density at radius 2 is 1.85 bits per heavy atom. The standard InChI is InChI=1S/C25H22INO6/c1-4-32-19(28)12-33-18-10-9-14(11-17(18)26)21-20(25(30)31-3)13(2)27-23-15-7-5-6-8-16(15)24(29)22(21)23/h5-11,21,27H,4,12H2,1-3H3/t21-/m0/s1. The number of carbonyl (C=O) groups excluding carboxylic acids is 3. The lowest BCUT2D eigenvalue weighted by Gasteiger charge is -2.29. The average molecular weight is 559 g/mol. The van der Waals surface area contributed by atoms with Gasteiger partial charge in [0.15, 0.2) is 12.4 Å². The van der Waals surface area contributed by atoms with E-state index in [0.717, 1.165) is 14.7 Å². The van der Waals surface area contributed by atoms with Crippen molar-refractivity contribution in [2.75, 3.05) is 20.3 Å². The van der Waals surface area contributed by atoms with E-state index < -0.39 is 17.9 Å². The van der Waals surface area contributed by atoms with E-state index in [9.17, 15) is 14.4 Å². The highest BCUT2D eigenvalue weighted by Gasteiger charge is 2.42. The summed E-state index contributed by atoms with van der Waals surface area (Å²) in [5.41, 5.74) is 4.40. The van der Waals surface area contributed by atoms with E-state index in [0.29, 0.717) is 33.9 Å². The summed E-state index contributed by atoms with van der Waals surface area (Å²) >= 11 is 2.11. The van der Waals surface area contributed by atoms with E-state index in [1.54, 1.807) is 32.0 Å². The number of methoxy groups -OCH3 is 1. The van der Waals surface area contributed by atoms with Crippen LogP contribution in [0.3, 0.4) is 0 Å². The van der Waals surface area contributed by atoms with Gasteiger partial charge in [0.1, 0.15) is 5.75 Å². The van der Waals surface area contributed by atoms with Crippen molar-refractivity contribution in [3.05, 3.63) is 79.6 Å². The minimum Gasteiger partial charge on any atom is -0.481 e. The predicted molar refractivity (Wildman–Crippen MR) is 130 cm³/mol. The molecule has 0 amide bonds. The number of halogens is 1. The largest absolute Gasteiger partial charge is 0.481 e. The number of carbonyl (C=O) groups is 3. The summed E-state index contributed by atoms with van der Waals surface area (Å²) in [7, 11) is 1.32. The van der Waals surface area contributed by atoms with Gasteiger partial charge in [0.05, 0.1) is 28.6 Å². The Kier molecular flexibility index (Phi) is 6.55.